The van der Waals surface area contributed by atoms with Crippen molar-refractivity contribution < 1.29 is 13.2 Å². The summed E-state index contributed by atoms with van der Waals surface area (Å²) in [6, 6.07) is 5.32. The third kappa shape index (κ3) is 2.41. The lowest BCUT2D eigenvalue weighted by atomic mass is 10.2. The number of benzene rings is 1. The molecule has 1 aromatic carbocycles. The van der Waals surface area contributed by atoms with Crippen LogP contribution in [0.3, 0.4) is 0 Å². The molecule has 2 nitrogen and oxygen atoms in total. The van der Waals surface area contributed by atoms with Crippen molar-refractivity contribution in [1.29, 1.82) is 0 Å². The monoisotopic (exact) mass is 302 g/mol. The molecular formula is C11H6BrF3N2. The molecule has 0 spiro atoms. The van der Waals surface area contributed by atoms with Crippen molar-refractivity contribution in [1.82, 2.24) is 4.98 Å². The van der Waals surface area contributed by atoms with E-state index in [9.17, 15) is 13.2 Å². The summed E-state index contributed by atoms with van der Waals surface area (Å²) in [6.45, 7) is 0. The highest BCUT2D eigenvalue weighted by Gasteiger charge is 2.14. The molecule has 0 radical (unpaired) electrons. The molecule has 1 N–H and O–H groups in total. The van der Waals surface area contributed by atoms with Crippen LogP contribution in [0.4, 0.5) is 24.7 Å². The number of hydrogen-bond donors (Lipinski definition) is 1. The maximum absolute atomic E-state index is 13.4. The molecule has 2 aromatic rings. The molecule has 0 bridgehead atoms. The highest BCUT2D eigenvalue weighted by atomic mass is 79.9. The van der Waals surface area contributed by atoms with E-state index in [2.05, 4.69) is 26.2 Å². The van der Waals surface area contributed by atoms with E-state index in [4.69, 9.17) is 0 Å². The normalized spacial score (nSPS) is 10.4. The van der Waals surface area contributed by atoms with Crippen molar-refractivity contribution in [3.05, 3.63) is 52.4 Å². The maximum Gasteiger partial charge on any atom is 0.196 e. The van der Waals surface area contributed by atoms with Gasteiger partial charge < -0.3 is 5.32 Å². The molecule has 0 amide bonds. The summed E-state index contributed by atoms with van der Waals surface area (Å²) in [7, 11) is 0. The van der Waals surface area contributed by atoms with E-state index < -0.39 is 17.5 Å². The van der Waals surface area contributed by atoms with Gasteiger partial charge in [-0.25, -0.2) is 18.2 Å². The number of anilines is 2. The standard InChI is InChI=1S/C11H6BrF3N2/c12-6-2-1-5-16-11(6)17-8-4-3-7(13)9(14)10(8)15/h1-5H,(H,16,17). The Labute approximate surface area is 104 Å². The first-order valence-corrected chi connectivity index (χ1v) is 5.40. The number of nitrogens with zero attached hydrogens (tertiary/aromatic N) is 1. The average molecular weight is 303 g/mol. The molecule has 0 saturated heterocycles. The van der Waals surface area contributed by atoms with Gasteiger partial charge in [-0.15, -0.1) is 0 Å². The Bertz CT molecular complexity index is 560. The zero-order chi connectivity index (χ0) is 12.4. The van der Waals surface area contributed by atoms with Crippen LogP contribution < -0.4 is 5.32 Å². The molecule has 0 aliphatic carbocycles. The largest absolute Gasteiger partial charge is 0.337 e. The van der Waals surface area contributed by atoms with Crippen molar-refractivity contribution in [2.24, 2.45) is 0 Å². The summed E-state index contributed by atoms with van der Waals surface area (Å²) >= 11 is 3.20. The van der Waals surface area contributed by atoms with Gasteiger partial charge in [0.25, 0.3) is 0 Å². The van der Waals surface area contributed by atoms with E-state index in [0.717, 1.165) is 12.1 Å². The molecular weight excluding hydrogens is 297 g/mol. The molecule has 0 unspecified atom stereocenters. The van der Waals surface area contributed by atoms with E-state index in [0.29, 0.717) is 10.3 Å². The fourth-order valence-electron chi connectivity index (χ4n) is 1.23. The minimum Gasteiger partial charge on any atom is -0.337 e. The number of rotatable bonds is 2. The first-order valence-electron chi connectivity index (χ1n) is 4.60. The van der Waals surface area contributed by atoms with Gasteiger partial charge in [-0.3, -0.25) is 0 Å². The molecule has 6 heteroatoms. The molecule has 17 heavy (non-hydrogen) atoms. The van der Waals surface area contributed by atoms with E-state index >= 15 is 0 Å². The Morgan fingerprint density at radius 2 is 1.82 bits per heavy atom. The number of aromatic nitrogens is 1. The Morgan fingerprint density at radius 1 is 1.06 bits per heavy atom. The fraction of sp³-hybridized carbons (Fsp3) is 0. The predicted molar refractivity (Wildman–Crippen MR) is 61.5 cm³/mol. The van der Waals surface area contributed by atoms with Crippen LogP contribution in [0.15, 0.2) is 34.9 Å². The summed E-state index contributed by atoms with van der Waals surface area (Å²) < 4.78 is 39.6. The first kappa shape index (κ1) is 11.9. The number of hydrogen-bond acceptors (Lipinski definition) is 2. The SMILES string of the molecule is Fc1ccc(Nc2ncccc2Br)c(F)c1F. The molecule has 0 saturated carbocycles. The first-order chi connectivity index (χ1) is 8.09. The van der Waals surface area contributed by atoms with Gasteiger partial charge >= 0.3 is 0 Å². The van der Waals surface area contributed by atoms with Gasteiger partial charge in [0.05, 0.1) is 10.2 Å². The van der Waals surface area contributed by atoms with Crippen LogP contribution >= 0.6 is 15.9 Å². The van der Waals surface area contributed by atoms with Crippen LogP contribution in [-0.4, -0.2) is 4.98 Å². The zero-order valence-corrected chi connectivity index (χ0v) is 9.93. The van der Waals surface area contributed by atoms with Crippen LogP contribution in [0.5, 0.6) is 0 Å². The van der Waals surface area contributed by atoms with Gasteiger partial charge in [0.15, 0.2) is 17.5 Å². The molecule has 0 atom stereocenters. The highest BCUT2D eigenvalue weighted by molar-refractivity contribution is 9.10. The molecule has 1 aromatic heterocycles. The lowest BCUT2D eigenvalue weighted by Crippen LogP contribution is -2.00. The molecule has 1 heterocycles. The Hall–Kier alpha value is -1.56. The molecule has 2 rings (SSSR count). The summed E-state index contributed by atoms with van der Waals surface area (Å²) in [5.41, 5.74) is -0.177. The van der Waals surface area contributed by atoms with Crippen LogP contribution in [0.1, 0.15) is 0 Å². The minimum absolute atomic E-state index is 0.177. The predicted octanol–water partition coefficient (Wildman–Crippen LogP) is 4.01. The van der Waals surface area contributed by atoms with Gasteiger partial charge in [0.1, 0.15) is 5.82 Å². The third-order valence-electron chi connectivity index (χ3n) is 2.05. The minimum atomic E-state index is -1.51. The van der Waals surface area contributed by atoms with Gasteiger partial charge in [-0.05, 0) is 40.2 Å². The molecule has 88 valence electrons. The lowest BCUT2D eigenvalue weighted by Gasteiger charge is -2.08. The number of nitrogens with one attached hydrogen (secondary N) is 1. The zero-order valence-electron chi connectivity index (χ0n) is 8.35. The number of halogens is 4. The van der Waals surface area contributed by atoms with Crippen LogP contribution in [-0.2, 0) is 0 Å². The van der Waals surface area contributed by atoms with E-state index in [1.165, 1.54) is 6.20 Å². The fourth-order valence-corrected chi connectivity index (χ4v) is 1.58. The van der Waals surface area contributed by atoms with Crippen LogP contribution in [0.2, 0.25) is 0 Å². The maximum atomic E-state index is 13.4. The Morgan fingerprint density at radius 3 is 2.53 bits per heavy atom. The summed E-state index contributed by atoms with van der Waals surface area (Å²) in [5, 5.41) is 2.57. The van der Waals surface area contributed by atoms with Crippen LogP contribution in [0, 0.1) is 17.5 Å². The number of pyridine rings is 1. The van der Waals surface area contributed by atoms with E-state index in [1.54, 1.807) is 12.1 Å². The van der Waals surface area contributed by atoms with E-state index in [1.807, 2.05) is 0 Å². The molecule has 0 aliphatic rings. The van der Waals surface area contributed by atoms with Crippen molar-refractivity contribution in [3.8, 4) is 0 Å². The summed E-state index contributed by atoms with van der Waals surface area (Å²) in [4.78, 5) is 3.93. The van der Waals surface area contributed by atoms with Crippen molar-refractivity contribution in [2.45, 2.75) is 0 Å². The second-order valence-corrected chi connectivity index (χ2v) is 4.04. The Kier molecular flexibility index (Phi) is 3.33. The van der Waals surface area contributed by atoms with Crippen LogP contribution in [0.25, 0.3) is 0 Å². The average Bonchev–Trinajstić information content (AvgIpc) is 2.32. The van der Waals surface area contributed by atoms with Gasteiger partial charge in [0.2, 0.25) is 0 Å². The van der Waals surface area contributed by atoms with Crippen molar-refractivity contribution in [2.75, 3.05) is 5.32 Å². The Balaban J connectivity index is 2.38. The summed E-state index contributed by atoms with van der Waals surface area (Å²) in [5.74, 6) is -3.70. The third-order valence-corrected chi connectivity index (χ3v) is 2.69. The molecule has 0 fully saturated rings. The van der Waals surface area contributed by atoms with Gasteiger partial charge in [0, 0.05) is 6.20 Å². The topological polar surface area (TPSA) is 24.9 Å². The molecule has 0 aliphatic heterocycles. The van der Waals surface area contributed by atoms with Crippen molar-refractivity contribution >= 4 is 27.4 Å². The lowest BCUT2D eigenvalue weighted by molar-refractivity contribution is 0.449. The second kappa shape index (κ2) is 4.75. The van der Waals surface area contributed by atoms with E-state index in [-0.39, 0.29) is 5.69 Å². The highest BCUT2D eigenvalue weighted by Crippen LogP contribution is 2.26. The second-order valence-electron chi connectivity index (χ2n) is 3.18. The van der Waals surface area contributed by atoms with Crippen molar-refractivity contribution in [3.63, 3.8) is 0 Å². The van der Waals surface area contributed by atoms with Gasteiger partial charge in [-0.1, -0.05) is 0 Å². The summed E-state index contributed by atoms with van der Waals surface area (Å²) in [6.07, 6.45) is 1.49. The van der Waals surface area contributed by atoms with Gasteiger partial charge in [-0.2, -0.15) is 0 Å². The smallest absolute Gasteiger partial charge is 0.196 e. The quantitative estimate of drug-likeness (QED) is 0.848.